The standard InChI is InChI=1S/C18H23N5O3S2/c1-9-3-4-10-11(7-9)28-16(15(10)17(25)26-2)23-14(24)5-6-27-18-21-12(19)8-13(20)22-18/h8-9H,3-7H2,1-2H3,(H,23,24)(H4,19,20,21,22). The van der Waals surface area contributed by atoms with E-state index < -0.39 is 5.97 Å². The number of nitrogen functional groups attached to an aromatic ring is 2. The minimum atomic E-state index is -0.402. The quantitative estimate of drug-likeness (QED) is 0.368. The first-order valence-corrected chi connectivity index (χ1v) is 10.7. The Labute approximate surface area is 171 Å². The lowest BCUT2D eigenvalue weighted by molar-refractivity contribution is -0.115. The Morgan fingerprint density at radius 1 is 1.36 bits per heavy atom. The van der Waals surface area contributed by atoms with Crippen LogP contribution in [0.5, 0.6) is 0 Å². The fourth-order valence-electron chi connectivity index (χ4n) is 3.11. The summed E-state index contributed by atoms with van der Waals surface area (Å²) in [5.74, 6) is 1.04. The summed E-state index contributed by atoms with van der Waals surface area (Å²) in [6, 6.07) is 1.48. The summed E-state index contributed by atoms with van der Waals surface area (Å²) in [6.07, 6.45) is 3.02. The lowest BCUT2D eigenvalue weighted by Gasteiger charge is -2.18. The molecule has 0 spiro atoms. The number of aromatic nitrogens is 2. The molecule has 2 heterocycles. The molecule has 0 saturated carbocycles. The molecule has 1 aliphatic carbocycles. The maximum Gasteiger partial charge on any atom is 0.341 e. The van der Waals surface area contributed by atoms with E-state index in [2.05, 4.69) is 22.2 Å². The normalized spacial score (nSPS) is 15.7. The van der Waals surface area contributed by atoms with Gasteiger partial charge < -0.3 is 21.5 Å². The van der Waals surface area contributed by atoms with Crippen LogP contribution in [-0.4, -0.2) is 34.7 Å². The number of methoxy groups -OCH3 is 1. The molecule has 3 rings (SSSR count). The third kappa shape index (κ3) is 4.74. The number of nitrogens with zero attached hydrogens (tertiary/aromatic N) is 2. The fraction of sp³-hybridized carbons (Fsp3) is 0.444. The molecular weight excluding hydrogens is 398 g/mol. The van der Waals surface area contributed by atoms with E-state index in [1.165, 1.54) is 36.3 Å². The number of hydrogen-bond donors (Lipinski definition) is 3. The van der Waals surface area contributed by atoms with Crippen molar-refractivity contribution in [2.24, 2.45) is 5.92 Å². The number of thioether (sulfide) groups is 1. The third-order valence-electron chi connectivity index (χ3n) is 4.46. The van der Waals surface area contributed by atoms with Crippen LogP contribution in [0.4, 0.5) is 16.6 Å². The molecule has 5 N–H and O–H groups in total. The molecule has 1 aliphatic rings. The average Bonchev–Trinajstić information content (AvgIpc) is 2.96. The second kappa shape index (κ2) is 8.78. The fourth-order valence-corrected chi connectivity index (χ4v) is 5.33. The van der Waals surface area contributed by atoms with E-state index >= 15 is 0 Å². The first-order valence-electron chi connectivity index (χ1n) is 8.93. The smallest absolute Gasteiger partial charge is 0.341 e. The van der Waals surface area contributed by atoms with Crippen LogP contribution < -0.4 is 16.8 Å². The summed E-state index contributed by atoms with van der Waals surface area (Å²) < 4.78 is 4.94. The first kappa shape index (κ1) is 20.4. The van der Waals surface area contributed by atoms with Crippen LogP contribution in [-0.2, 0) is 22.4 Å². The van der Waals surface area contributed by atoms with Gasteiger partial charge >= 0.3 is 5.97 Å². The zero-order valence-electron chi connectivity index (χ0n) is 15.8. The van der Waals surface area contributed by atoms with Gasteiger partial charge in [0.2, 0.25) is 5.91 Å². The van der Waals surface area contributed by atoms with Gasteiger partial charge in [-0.25, -0.2) is 14.8 Å². The summed E-state index contributed by atoms with van der Waals surface area (Å²) in [5, 5.41) is 3.89. The minimum Gasteiger partial charge on any atom is -0.465 e. The number of carbonyl (C=O) groups excluding carboxylic acids is 2. The van der Waals surface area contributed by atoms with Gasteiger partial charge in [-0.05, 0) is 30.7 Å². The van der Waals surface area contributed by atoms with Crippen molar-refractivity contribution in [2.45, 2.75) is 37.8 Å². The average molecular weight is 422 g/mol. The van der Waals surface area contributed by atoms with Gasteiger partial charge in [-0.15, -0.1) is 11.3 Å². The summed E-state index contributed by atoms with van der Waals surface area (Å²) in [7, 11) is 1.36. The van der Waals surface area contributed by atoms with Gasteiger partial charge in [-0.2, -0.15) is 0 Å². The largest absolute Gasteiger partial charge is 0.465 e. The van der Waals surface area contributed by atoms with Gasteiger partial charge in [-0.1, -0.05) is 18.7 Å². The number of ether oxygens (including phenoxy) is 1. The molecule has 1 amide bonds. The molecule has 28 heavy (non-hydrogen) atoms. The summed E-state index contributed by atoms with van der Waals surface area (Å²) in [4.78, 5) is 34.0. The highest BCUT2D eigenvalue weighted by atomic mass is 32.2. The number of nitrogens with one attached hydrogen (secondary N) is 1. The number of nitrogens with two attached hydrogens (primary N) is 2. The lowest BCUT2D eigenvalue weighted by atomic mass is 9.88. The van der Waals surface area contributed by atoms with Gasteiger partial charge in [0.05, 0.1) is 12.7 Å². The highest BCUT2D eigenvalue weighted by Gasteiger charge is 2.28. The Morgan fingerprint density at radius 3 is 2.75 bits per heavy atom. The Kier molecular flexibility index (Phi) is 6.40. The first-order chi connectivity index (χ1) is 13.4. The van der Waals surface area contributed by atoms with Crippen LogP contribution in [0.2, 0.25) is 0 Å². The van der Waals surface area contributed by atoms with Crippen LogP contribution in [0, 0.1) is 5.92 Å². The molecule has 0 aromatic carbocycles. The van der Waals surface area contributed by atoms with Crippen molar-refractivity contribution in [2.75, 3.05) is 29.6 Å². The molecule has 0 saturated heterocycles. The lowest BCUT2D eigenvalue weighted by Crippen LogP contribution is -2.16. The van der Waals surface area contributed by atoms with Gasteiger partial charge in [0.15, 0.2) is 5.16 Å². The number of esters is 1. The van der Waals surface area contributed by atoms with Crippen LogP contribution in [0.25, 0.3) is 0 Å². The van der Waals surface area contributed by atoms with Crippen molar-refractivity contribution in [1.29, 1.82) is 0 Å². The predicted molar refractivity (Wildman–Crippen MR) is 112 cm³/mol. The second-order valence-electron chi connectivity index (χ2n) is 6.69. The van der Waals surface area contributed by atoms with Crippen molar-refractivity contribution < 1.29 is 14.3 Å². The second-order valence-corrected chi connectivity index (χ2v) is 8.86. The number of rotatable bonds is 6. The predicted octanol–water partition coefficient (Wildman–Crippen LogP) is 2.73. The molecule has 2 aromatic heterocycles. The Balaban J connectivity index is 1.65. The number of amides is 1. The van der Waals surface area contributed by atoms with E-state index in [-0.39, 0.29) is 12.3 Å². The van der Waals surface area contributed by atoms with Crippen LogP contribution in [0.15, 0.2) is 11.2 Å². The van der Waals surface area contributed by atoms with Crippen molar-refractivity contribution in [3.05, 3.63) is 22.1 Å². The molecule has 0 aliphatic heterocycles. The Bertz CT molecular complexity index is 879. The van der Waals surface area contributed by atoms with Gasteiger partial charge in [0.25, 0.3) is 0 Å². The van der Waals surface area contributed by atoms with E-state index in [1.54, 1.807) is 0 Å². The monoisotopic (exact) mass is 421 g/mol. The number of anilines is 3. The van der Waals surface area contributed by atoms with E-state index in [1.807, 2.05) is 0 Å². The van der Waals surface area contributed by atoms with Crippen LogP contribution in [0.1, 0.15) is 40.6 Å². The molecule has 150 valence electrons. The molecule has 10 heteroatoms. The molecule has 0 fully saturated rings. The number of fused-ring (bicyclic) bond motifs is 1. The van der Waals surface area contributed by atoms with E-state index in [0.29, 0.717) is 39.0 Å². The van der Waals surface area contributed by atoms with Crippen LogP contribution in [0.3, 0.4) is 0 Å². The SMILES string of the molecule is COC(=O)c1c(NC(=O)CCSc2nc(N)cc(N)n2)sc2c1CCC(C)C2. The maximum atomic E-state index is 12.4. The Morgan fingerprint density at radius 2 is 2.07 bits per heavy atom. The van der Waals surface area contributed by atoms with Crippen molar-refractivity contribution in [1.82, 2.24) is 9.97 Å². The minimum absolute atomic E-state index is 0.179. The topological polar surface area (TPSA) is 133 Å². The van der Waals surface area contributed by atoms with Gasteiger partial charge in [0, 0.05) is 23.1 Å². The maximum absolute atomic E-state index is 12.4. The molecule has 8 nitrogen and oxygen atoms in total. The number of hydrogen-bond acceptors (Lipinski definition) is 9. The summed E-state index contributed by atoms with van der Waals surface area (Å²) >= 11 is 2.77. The molecule has 1 unspecified atom stereocenters. The highest BCUT2D eigenvalue weighted by molar-refractivity contribution is 7.99. The number of thiophene rings is 1. The molecule has 1 atom stereocenters. The van der Waals surface area contributed by atoms with Crippen molar-refractivity contribution >= 4 is 51.6 Å². The summed E-state index contributed by atoms with van der Waals surface area (Å²) in [5.41, 5.74) is 12.8. The van der Waals surface area contributed by atoms with E-state index in [9.17, 15) is 9.59 Å². The molecular formula is C18H23N5O3S2. The van der Waals surface area contributed by atoms with Crippen molar-refractivity contribution in [3.8, 4) is 0 Å². The van der Waals surface area contributed by atoms with Crippen LogP contribution >= 0.6 is 23.1 Å². The summed E-state index contributed by atoms with van der Waals surface area (Å²) in [6.45, 7) is 2.20. The highest BCUT2D eigenvalue weighted by Crippen LogP contribution is 2.40. The molecule has 0 bridgehead atoms. The molecule has 2 aromatic rings. The van der Waals surface area contributed by atoms with Gasteiger partial charge in [0.1, 0.15) is 16.6 Å². The van der Waals surface area contributed by atoms with Crippen molar-refractivity contribution in [3.63, 3.8) is 0 Å². The Hall–Kier alpha value is -2.33. The zero-order chi connectivity index (χ0) is 20.3. The van der Waals surface area contributed by atoms with Gasteiger partial charge in [-0.3, -0.25) is 4.79 Å². The number of carbonyl (C=O) groups is 2. The van der Waals surface area contributed by atoms with E-state index in [0.717, 1.165) is 29.7 Å². The third-order valence-corrected chi connectivity index (χ3v) is 6.48. The molecule has 0 radical (unpaired) electrons. The van der Waals surface area contributed by atoms with E-state index in [4.69, 9.17) is 16.2 Å². The zero-order valence-corrected chi connectivity index (χ0v) is 17.4.